The van der Waals surface area contributed by atoms with E-state index in [0.717, 1.165) is 38.2 Å². The molecule has 0 unspecified atom stereocenters. The maximum atomic E-state index is 13.0. The lowest BCUT2D eigenvalue weighted by Gasteiger charge is -2.59. The summed E-state index contributed by atoms with van der Waals surface area (Å²) >= 11 is 0. The monoisotopic (exact) mass is 373 g/mol. The molecule has 0 heterocycles. The van der Waals surface area contributed by atoms with E-state index in [1.54, 1.807) is 0 Å². The van der Waals surface area contributed by atoms with Crippen molar-refractivity contribution >= 4 is 11.6 Å². The van der Waals surface area contributed by atoms with Gasteiger partial charge in [0.2, 0.25) is 11.6 Å². The molecule has 0 aliphatic heterocycles. The third-order valence-electron chi connectivity index (χ3n) is 7.58. The molecule has 0 amide bonds. The lowest BCUT2D eigenvalue weighted by Crippen LogP contribution is -2.53. The molecule has 3 N–H and O–H groups in total. The van der Waals surface area contributed by atoms with Crippen molar-refractivity contribution in [3.8, 4) is 0 Å². The van der Waals surface area contributed by atoms with Crippen molar-refractivity contribution in [2.75, 3.05) is 13.2 Å². The average molecular weight is 373 g/mol. The van der Waals surface area contributed by atoms with Crippen LogP contribution < -0.4 is 5.32 Å². The van der Waals surface area contributed by atoms with E-state index in [4.69, 9.17) is 5.11 Å². The molecule has 0 saturated heterocycles. The van der Waals surface area contributed by atoms with Crippen LogP contribution in [0.15, 0.2) is 35.3 Å². The van der Waals surface area contributed by atoms with Gasteiger partial charge in [-0.2, -0.15) is 0 Å². The van der Waals surface area contributed by atoms with Gasteiger partial charge in [-0.1, -0.05) is 32.9 Å². The molecule has 0 aromatic rings. The first-order valence-electron chi connectivity index (χ1n) is 9.95. The molecule has 0 radical (unpaired) electrons. The highest BCUT2D eigenvalue weighted by Crippen LogP contribution is 2.64. The van der Waals surface area contributed by atoms with Gasteiger partial charge in [-0.15, -0.1) is 0 Å². The highest BCUT2D eigenvalue weighted by Gasteiger charge is 2.58. The van der Waals surface area contributed by atoms with Crippen LogP contribution in [0, 0.1) is 22.7 Å². The molecule has 2 fully saturated rings. The molecule has 5 heteroatoms. The molecule has 2 saturated carbocycles. The van der Waals surface area contributed by atoms with Crippen LogP contribution in [-0.2, 0) is 9.59 Å². The number of hydrogen-bond acceptors (Lipinski definition) is 5. The van der Waals surface area contributed by atoms with Crippen LogP contribution >= 0.6 is 0 Å². The van der Waals surface area contributed by atoms with Gasteiger partial charge >= 0.3 is 0 Å². The first-order valence-corrected chi connectivity index (χ1v) is 9.95. The number of hydrogen-bond donors (Lipinski definition) is 3. The number of rotatable bonds is 4. The fourth-order valence-electron chi connectivity index (χ4n) is 5.72. The van der Waals surface area contributed by atoms with E-state index in [0.29, 0.717) is 0 Å². The zero-order valence-electron chi connectivity index (χ0n) is 16.6. The summed E-state index contributed by atoms with van der Waals surface area (Å²) in [6.45, 7) is 10.8. The fourth-order valence-corrected chi connectivity index (χ4v) is 5.72. The quantitative estimate of drug-likeness (QED) is 0.400. The van der Waals surface area contributed by atoms with Crippen LogP contribution in [0.4, 0.5) is 0 Å². The Bertz CT molecular complexity index is 749. The predicted octanol–water partition coefficient (Wildman–Crippen LogP) is 3.21. The number of fused-ring (bicyclic) bond motifs is 1. The van der Waals surface area contributed by atoms with E-state index in [2.05, 4.69) is 25.7 Å². The van der Waals surface area contributed by atoms with Crippen LogP contribution in [0.2, 0.25) is 0 Å². The Balaban J connectivity index is 2.15. The van der Waals surface area contributed by atoms with Crippen LogP contribution in [0.25, 0.3) is 0 Å². The van der Waals surface area contributed by atoms with Gasteiger partial charge in [-0.25, -0.2) is 0 Å². The summed E-state index contributed by atoms with van der Waals surface area (Å²) in [5, 5.41) is 22.9. The summed E-state index contributed by atoms with van der Waals surface area (Å²) in [6, 6.07) is 0. The fraction of sp³-hybridized carbons (Fsp3) is 0.636. The molecule has 3 aliphatic rings. The van der Waals surface area contributed by atoms with E-state index in [1.807, 2.05) is 6.92 Å². The molecule has 3 aliphatic carbocycles. The third kappa shape index (κ3) is 2.87. The molecule has 5 nitrogen and oxygen atoms in total. The van der Waals surface area contributed by atoms with Gasteiger partial charge in [0.15, 0.2) is 0 Å². The summed E-state index contributed by atoms with van der Waals surface area (Å²) in [6.07, 6.45) is 6.06. The molecule has 0 bridgehead atoms. The Kier molecular flexibility index (Phi) is 5.10. The summed E-state index contributed by atoms with van der Waals surface area (Å²) in [5.74, 6) is -1.04. The Labute approximate surface area is 161 Å². The normalized spacial score (nSPS) is 37.2. The van der Waals surface area contributed by atoms with Crippen LogP contribution in [0.1, 0.15) is 52.9 Å². The molecule has 27 heavy (non-hydrogen) atoms. The number of allylic oxidation sites excluding steroid dienone is 3. The number of aliphatic hydroxyl groups excluding tert-OH is 2. The average Bonchev–Trinajstić information content (AvgIpc) is 2.63. The zero-order valence-corrected chi connectivity index (χ0v) is 16.6. The molecular weight excluding hydrogens is 342 g/mol. The second kappa shape index (κ2) is 6.93. The number of nitrogens with one attached hydrogen (secondary N) is 1. The van der Waals surface area contributed by atoms with Gasteiger partial charge in [0, 0.05) is 18.0 Å². The summed E-state index contributed by atoms with van der Waals surface area (Å²) < 4.78 is 0. The second-order valence-electron chi connectivity index (χ2n) is 8.81. The zero-order chi connectivity index (χ0) is 20.0. The van der Waals surface area contributed by atoms with E-state index in [-0.39, 0.29) is 47.4 Å². The minimum Gasteiger partial charge on any atom is -0.505 e. The summed E-state index contributed by atoms with van der Waals surface area (Å²) in [7, 11) is 0. The first kappa shape index (κ1) is 19.9. The van der Waals surface area contributed by atoms with Crippen molar-refractivity contribution in [1.29, 1.82) is 0 Å². The van der Waals surface area contributed by atoms with Crippen molar-refractivity contribution in [1.82, 2.24) is 5.32 Å². The minimum absolute atomic E-state index is 0.0873. The highest BCUT2D eigenvalue weighted by atomic mass is 16.3. The minimum atomic E-state index is -0.612. The maximum absolute atomic E-state index is 13.0. The predicted molar refractivity (Wildman–Crippen MR) is 104 cm³/mol. The number of aliphatic hydroxyl groups is 2. The topological polar surface area (TPSA) is 86.6 Å². The van der Waals surface area contributed by atoms with E-state index in [1.165, 1.54) is 5.57 Å². The van der Waals surface area contributed by atoms with Crippen molar-refractivity contribution in [2.24, 2.45) is 22.7 Å². The van der Waals surface area contributed by atoms with Crippen LogP contribution in [0.3, 0.4) is 0 Å². The molecule has 0 aromatic heterocycles. The van der Waals surface area contributed by atoms with Gasteiger partial charge in [0.25, 0.3) is 0 Å². The lowest BCUT2D eigenvalue weighted by atomic mass is 9.44. The van der Waals surface area contributed by atoms with Crippen LogP contribution in [0.5, 0.6) is 0 Å². The van der Waals surface area contributed by atoms with Crippen molar-refractivity contribution < 1.29 is 19.8 Å². The molecule has 3 rings (SSSR count). The van der Waals surface area contributed by atoms with Gasteiger partial charge in [0.1, 0.15) is 5.76 Å². The second-order valence-corrected chi connectivity index (χ2v) is 8.81. The van der Waals surface area contributed by atoms with Crippen LogP contribution in [-0.4, -0.2) is 34.9 Å². The lowest BCUT2D eigenvalue weighted by molar-refractivity contribution is -0.134. The standard InChI is InChI=1S/C22H31NO4/c1-13-6-5-7-17-21(13,3)9-8-14(2)22(17,4)18-19(26)15(23-10-11-24)12-16(25)20(18)27/h12,14,17,23-24,26H,1,5-11H2,2-4H3/t14-,17+,21+,22+/m0/s1. The van der Waals surface area contributed by atoms with Crippen molar-refractivity contribution in [3.63, 3.8) is 0 Å². The number of carbonyl (C=O) groups excluding carboxylic acids is 2. The highest BCUT2D eigenvalue weighted by molar-refractivity contribution is 6.48. The summed E-state index contributed by atoms with van der Waals surface area (Å²) in [4.78, 5) is 25.4. The maximum Gasteiger partial charge on any atom is 0.233 e. The molecule has 0 spiro atoms. The van der Waals surface area contributed by atoms with Crippen molar-refractivity contribution in [2.45, 2.75) is 52.9 Å². The Morgan fingerprint density at radius 3 is 2.67 bits per heavy atom. The number of Topliss-reactive ketones (excluding diaryl/α,β-unsaturated/α-hetero) is 1. The van der Waals surface area contributed by atoms with E-state index in [9.17, 15) is 14.7 Å². The molecular formula is C22H31NO4. The summed E-state index contributed by atoms with van der Waals surface area (Å²) in [5.41, 5.74) is 1.01. The Hall–Kier alpha value is -1.88. The number of ketones is 2. The molecule has 0 aromatic carbocycles. The van der Waals surface area contributed by atoms with Gasteiger partial charge in [-0.3, -0.25) is 9.59 Å². The molecule has 148 valence electrons. The SMILES string of the molecule is C=C1CCC[C@H]2[C@](C)(C3=C(O)C(NCCO)=CC(=O)C3=O)[C@@H](C)CC[C@]12C. The van der Waals surface area contributed by atoms with Gasteiger partial charge in [0.05, 0.1) is 17.9 Å². The first-order chi connectivity index (χ1) is 12.7. The Morgan fingerprint density at radius 1 is 1.30 bits per heavy atom. The largest absolute Gasteiger partial charge is 0.505 e. The number of carbonyl (C=O) groups is 2. The third-order valence-corrected chi connectivity index (χ3v) is 7.58. The van der Waals surface area contributed by atoms with E-state index < -0.39 is 17.0 Å². The van der Waals surface area contributed by atoms with E-state index >= 15 is 0 Å². The smallest absolute Gasteiger partial charge is 0.233 e. The Morgan fingerprint density at radius 2 is 2.00 bits per heavy atom. The van der Waals surface area contributed by atoms with Gasteiger partial charge in [-0.05, 0) is 49.4 Å². The molecule has 4 atom stereocenters. The van der Waals surface area contributed by atoms with Gasteiger partial charge < -0.3 is 15.5 Å². The van der Waals surface area contributed by atoms with Crippen molar-refractivity contribution in [3.05, 3.63) is 35.3 Å².